The summed E-state index contributed by atoms with van der Waals surface area (Å²) in [5.41, 5.74) is 3.40. The second-order valence-electron chi connectivity index (χ2n) is 5.35. The number of thiophene rings is 1. The molecule has 1 aromatic carbocycles. The minimum Gasteiger partial charge on any atom is -0.497 e. The Bertz CT molecular complexity index is 768. The van der Waals surface area contributed by atoms with Crippen LogP contribution in [-0.2, 0) is 13.0 Å². The molecule has 0 aliphatic carbocycles. The van der Waals surface area contributed by atoms with Gasteiger partial charge in [-0.1, -0.05) is 6.07 Å². The summed E-state index contributed by atoms with van der Waals surface area (Å²) in [5.74, 6) is 1.74. The van der Waals surface area contributed by atoms with Crippen molar-refractivity contribution in [2.75, 3.05) is 20.8 Å². The Hall–Kier alpha value is -2.31. The van der Waals surface area contributed by atoms with Crippen molar-refractivity contribution in [2.45, 2.75) is 13.0 Å². The van der Waals surface area contributed by atoms with Gasteiger partial charge in [0, 0.05) is 12.1 Å². The van der Waals surface area contributed by atoms with Gasteiger partial charge < -0.3 is 14.8 Å². The van der Waals surface area contributed by atoms with Crippen molar-refractivity contribution in [3.8, 4) is 22.1 Å². The van der Waals surface area contributed by atoms with Gasteiger partial charge in [-0.05, 0) is 48.2 Å². The highest BCUT2D eigenvalue weighted by atomic mass is 32.1. The maximum absolute atomic E-state index is 5.42. The average molecular weight is 343 g/mol. The summed E-state index contributed by atoms with van der Waals surface area (Å²) >= 11 is 1.71. The molecule has 0 aliphatic rings. The molecule has 3 rings (SSSR count). The predicted molar refractivity (Wildman–Crippen MR) is 96.9 cm³/mol. The zero-order chi connectivity index (χ0) is 16.8. The Kier molecular flexibility index (Phi) is 5.51. The van der Waals surface area contributed by atoms with Crippen molar-refractivity contribution in [1.29, 1.82) is 0 Å². The quantitative estimate of drug-likeness (QED) is 0.615. The summed E-state index contributed by atoms with van der Waals surface area (Å²) in [4.78, 5) is 1.21. The van der Waals surface area contributed by atoms with Crippen LogP contribution in [0.4, 0.5) is 0 Å². The lowest BCUT2D eigenvalue weighted by Crippen LogP contribution is -2.17. The first-order valence-electron chi connectivity index (χ1n) is 7.79. The van der Waals surface area contributed by atoms with E-state index in [0.29, 0.717) is 0 Å². The highest BCUT2D eigenvalue weighted by molar-refractivity contribution is 7.13. The Morgan fingerprint density at radius 3 is 2.83 bits per heavy atom. The van der Waals surface area contributed by atoms with E-state index in [0.717, 1.165) is 42.3 Å². The first-order chi connectivity index (χ1) is 11.8. The molecule has 5 nitrogen and oxygen atoms in total. The topological polar surface area (TPSA) is 59.2 Å². The molecule has 24 heavy (non-hydrogen) atoms. The van der Waals surface area contributed by atoms with Gasteiger partial charge >= 0.3 is 0 Å². The van der Waals surface area contributed by atoms with Crippen molar-refractivity contribution in [3.63, 3.8) is 0 Å². The summed E-state index contributed by atoms with van der Waals surface area (Å²) < 4.78 is 10.7. The van der Waals surface area contributed by atoms with Crippen LogP contribution in [0.2, 0.25) is 0 Å². The molecule has 0 atom stereocenters. The zero-order valence-electron chi connectivity index (χ0n) is 13.8. The fraction of sp³-hybridized carbons (Fsp3) is 0.278. The lowest BCUT2D eigenvalue weighted by Gasteiger charge is -2.11. The number of H-pyrrole nitrogens is 1. The summed E-state index contributed by atoms with van der Waals surface area (Å²) in [6.07, 6.45) is 2.75. The third-order valence-electron chi connectivity index (χ3n) is 3.86. The van der Waals surface area contributed by atoms with Crippen molar-refractivity contribution < 1.29 is 9.47 Å². The average Bonchev–Trinajstić information content (AvgIpc) is 3.29. The molecule has 2 aromatic heterocycles. The van der Waals surface area contributed by atoms with Gasteiger partial charge in [0.15, 0.2) is 0 Å². The van der Waals surface area contributed by atoms with Gasteiger partial charge in [0.25, 0.3) is 0 Å². The Morgan fingerprint density at radius 1 is 1.17 bits per heavy atom. The number of rotatable bonds is 8. The maximum atomic E-state index is 5.42. The number of methoxy groups -OCH3 is 2. The molecule has 0 amide bonds. The van der Waals surface area contributed by atoms with E-state index in [9.17, 15) is 0 Å². The molecule has 6 heteroatoms. The molecule has 3 aromatic rings. The Labute approximate surface area is 145 Å². The third kappa shape index (κ3) is 3.77. The van der Waals surface area contributed by atoms with Crippen molar-refractivity contribution in [2.24, 2.45) is 0 Å². The van der Waals surface area contributed by atoms with Crippen LogP contribution in [0, 0.1) is 0 Å². The molecule has 0 unspecified atom stereocenters. The van der Waals surface area contributed by atoms with Gasteiger partial charge in [-0.2, -0.15) is 5.10 Å². The standard InChI is InChI=1S/C18H21N3O2S/c1-22-15-5-6-16(23-2)13(10-15)7-8-19-11-14-12-20-21-18(14)17-4-3-9-24-17/h3-6,9-10,12,19H,7-8,11H2,1-2H3,(H,20,21). The monoisotopic (exact) mass is 343 g/mol. The van der Waals surface area contributed by atoms with Gasteiger partial charge in [-0.3, -0.25) is 5.10 Å². The number of hydrogen-bond donors (Lipinski definition) is 2. The molecule has 2 heterocycles. The van der Waals surface area contributed by atoms with Crippen LogP contribution in [-0.4, -0.2) is 31.0 Å². The Morgan fingerprint density at radius 2 is 2.08 bits per heavy atom. The molecule has 0 fully saturated rings. The van der Waals surface area contributed by atoms with Crippen molar-refractivity contribution >= 4 is 11.3 Å². The lowest BCUT2D eigenvalue weighted by molar-refractivity contribution is 0.398. The SMILES string of the molecule is COc1ccc(OC)c(CCNCc2cn[nH]c2-c2cccs2)c1. The number of nitrogens with zero attached hydrogens (tertiary/aromatic N) is 1. The summed E-state index contributed by atoms with van der Waals surface area (Å²) in [7, 11) is 3.37. The van der Waals surface area contributed by atoms with E-state index in [1.165, 1.54) is 10.4 Å². The summed E-state index contributed by atoms with van der Waals surface area (Å²) in [6.45, 7) is 1.62. The molecule has 0 bridgehead atoms. The lowest BCUT2D eigenvalue weighted by atomic mass is 10.1. The maximum Gasteiger partial charge on any atom is 0.122 e. The first-order valence-corrected chi connectivity index (χ1v) is 8.67. The number of hydrogen-bond acceptors (Lipinski definition) is 5. The summed E-state index contributed by atoms with van der Waals surface area (Å²) in [6, 6.07) is 10.0. The molecule has 126 valence electrons. The summed E-state index contributed by atoms with van der Waals surface area (Å²) in [5, 5.41) is 12.8. The minimum atomic E-state index is 0.774. The molecule has 2 N–H and O–H groups in total. The van der Waals surface area contributed by atoms with E-state index < -0.39 is 0 Å². The van der Waals surface area contributed by atoms with Gasteiger partial charge in [-0.15, -0.1) is 11.3 Å². The molecule has 0 aliphatic heterocycles. The predicted octanol–water partition coefficient (Wildman–Crippen LogP) is 3.49. The van der Waals surface area contributed by atoms with Crippen LogP contribution in [0.5, 0.6) is 11.5 Å². The molecular weight excluding hydrogens is 322 g/mol. The Balaban J connectivity index is 1.58. The highest BCUT2D eigenvalue weighted by Crippen LogP contribution is 2.26. The van der Waals surface area contributed by atoms with Crippen molar-refractivity contribution in [1.82, 2.24) is 15.5 Å². The van der Waals surface area contributed by atoms with Crippen LogP contribution in [0.3, 0.4) is 0 Å². The van der Waals surface area contributed by atoms with Gasteiger partial charge in [0.1, 0.15) is 11.5 Å². The van der Waals surface area contributed by atoms with E-state index in [-0.39, 0.29) is 0 Å². The number of aromatic amines is 1. The van der Waals surface area contributed by atoms with Crippen LogP contribution < -0.4 is 14.8 Å². The van der Waals surface area contributed by atoms with Crippen LogP contribution >= 0.6 is 11.3 Å². The van der Waals surface area contributed by atoms with Crippen LogP contribution in [0.1, 0.15) is 11.1 Å². The van der Waals surface area contributed by atoms with Crippen LogP contribution in [0.25, 0.3) is 10.6 Å². The fourth-order valence-corrected chi connectivity index (χ4v) is 3.36. The van der Waals surface area contributed by atoms with Gasteiger partial charge in [0.2, 0.25) is 0 Å². The third-order valence-corrected chi connectivity index (χ3v) is 4.75. The van der Waals surface area contributed by atoms with Crippen LogP contribution in [0.15, 0.2) is 41.9 Å². The first kappa shape index (κ1) is 16.5. The minimum absolute atomic E-state index is 0.774. The number of nitrogens with one attached hydrogen (secondary N) is 2. The van der Waals surface area contributed by atoms with E-state index in [2.05, 4.69) is 27.0 Å². The molecular formula is C18H21N3O2S. The van der Waals surface area contributed by atoms with E-state index >= 15 is 0 Å². The van der Waals surface area contributed by atoms with Crippen molar-refractivity contribution in [3.05, 3.63) is 53.0 Å². The van der Waals surface area contributed by atoms with Gasteiger partial charge in [-0.25, -0.2) is 0 Å². The molecule has 0 radical (unpaired) electrons. The second kappa shape index (κ2) is 7.99. The molecule has 0 saturated carbocycles. The van der Waals surface area contributed by atoms with Gasteiger partial charge in [0.05, 0.1) is 31.0 Å². The number of benzene rings is 1. The largest absolute Gasteiger partial charge is 0.497 e. The molecule has 0 spiro atoms. The second-order valence-corrected chi connectivity index (χ2v) is 6.30. The van der Waals surface area contributed by atoms with E-state index in [1.807, 2.05) is 30.5 Å². The smallest absolute Gasteiger partial charge is 0.122 e. The zero-order valence-corrected chi connectivity index (χ0v) is 14.7. The fourth-order valence-electron chi connectivity index (χ4n) is 2.60. The normalized spacial score (nSPS) is 10.8. The highest BCUT2D eigenvalue weighted by Gasteiger charge is 2.09. The number of aromatic nitrogens is 2. The molecule has 0 saturated heterocycles. The number of ether oxygens (including phenoxy) is 2. The van der Waals surface area contributed by atoms with E-state index in [4.69, 9.17) is 9.47 Å². The van der Waals surface area contributed by atoms with E-state index in [1.54, 1.807) is 25.6 Å².